The largest absolute Gasteiger partial charge is 0.344 e. The third-order valence-corrected chi connectivity index (χ3v) is 4.60. The van der Waals surface area contributed by atoms with Gasteiger partial charge in [0.25, 0.3) is 0 Å². The van der Waals surface area contributed by atoms with Crippen LogP contribution in [-0.4, -0.2) is 56.4 Å². The lowest BCUT2D eigenvalue weighted by molar-refractivity contribution is -0.128. The fraction of sp³-hybridized carbons (Fsp3) is 0.875. The third-order valence-electron chi connectivity index (χ3n) is 2.77. The van der Waals surface area contributed by atoms with Gasteiger partial charge in [-0.15, -0.1) is 0 Å². The molecule has 1 unspecified atom stereocenters. The first-order chi connectivity index (χ1) is 6.48. The molecule has 2 saturated heterocycles. The Morgan fingerprint density at radius 2 is 2.07 bits per heavy atom. The molecule has 0 aromatic heterocycles. The molecule has 0 radical (unpaired) electrons. The first kappa shape index (κ1) is 9.92. The van der Waals surface area contributed by atoms with Gasteiger partial charge in [0.2, 0.25) is 5.91 Å². The van der Waals surface area contributed by atoms with Crippen molar-refractivity contribution < 1.29 is 13.2 Å². The van der Waals surface area contributed by atoms with Gasteiger partial charge in [0.05, 0.1) is 17.5 Å². The number of nitrogens with zero attached hydrogens (tertiary/aromatic N) is 1. The molecule has 0 bridgehead atoms. The van der Waals surface area contributed by atoms with E-state index in [9.17, 15) is 13.2 Å². The van der Waals surface area contributed by atoms with E-state index in [0.29, 0.717) is 0 Å². The molecule has 5 nitrogen and oxygen atoms in total. The number of sulfone groups is 1. The highest BCUT2D eigenvalue weighted by atomic mass is 32.2. The molecule has 2 rings (SSSR count). The third kappa shape index (κ3) is 1.76. The molecule has 2 fully saturated rings. The van der Waals surface area contributed by atoms with Crippen molar-refractivity contribution in [3.63, 3.8) is 0 Å². The fourth-order valence-corrected chi connectivity index (χ4v) is 3.24. The van der Waals surface area contributed by atoms with Gasteiger partial charge in [-0.05, 0) is 6.42 Å². The SMILES string of the molecule is CN1CCC(NC2CS(=O)(=O)C2)C1=O. The zero-order chi connectivity index (χ0) is 10.3. The van der Waals surface area contributed by atoms with Crippen LogP contribution in [0, 0.1) is 0 Å². The van der Waals surface area contributed by atoms with Gasteiger partial charge in [0.1, 0.15) is 0 Å². The summed E-state index contributed by atoms with van der Waals surface area (Å²) in [5.74, 6) is 0.440. The monoisotopic (exact) mass is 218 g/mol. The summed E-state index contributed by atoms with van der Waals surface area (Å²) in [4.78, 5) is 13.1. The van der Waals surface area contributed by atoms with Crippen LogP contribution in [-0.2, 0) is 14.6 Å². The average Bonchev–Trinajstić information content (AvgIpc) is 2.33. The van der Waals surface area contributed by atoms with E-state index in [1.807, 2.05) is 0 Å². The number of carbonyl (C=O) groups excluding carboxylic acids is 1. The molecule has 2 heterocycles. The summed E-state index contributed by atoms with van der Waals surface area (Å²) in [6.07, 6.45) is 0.784. The van der Waals surface area contributed by atoms with Crippen LogP contribution in [0.5, 0.6) is 0 Å². The summed E-state index contributed by atoms with van der Waals surface area (Å²) in [6.45, 7) is 0.760. The molecule has 1 N–H and O–H groups in total. The predicted octanol–water partition coefficient (Wildman–Crippen LogP) is -1.40. The van der Waals surface area contributed by atoms with Gasteiger partial charge in [0.15, 0.2) is 9.84 Å². The Kier molecular flexibility index (Phi) is 2.27. The molecule has 2 aliphatic rings. The first-order valence-electron chi connectivity index (χ1n) is 4.69. The Labute approximate surface area is 83.4 Å². The zero-order valence-corrected chi connectivity index (χ0v) is 8.88. The van der Waals surface area contributed by atoms with Gasteiger partial charge >= 0.3 is 0 Å². The number of carbonyl (C=O) groups is 1. The number of nitrogens with one attached hydrogen (secondary N) is 1. The number of likely N-dealkylation sites (N-methyl/N-ethyl adjacent to an activating group) is 1. The van der Waals surface area contributed by atoms with Crippen molar-refractivity contribution in [2.45, 2.75) is 18.5 Å². The zero-order valence-electron chi connectivity index (χ0n) is 8.06. The number of hydrogen-bond acceptors (Lipinski definition) is 4. The van der Waals surface area contributed by atoms with E-state index in [0.717, 1.165) is 13.0 Å². The topological polar surface area (TPSA) is 66.5 Å². The van der Waals surface area contributed by atoms with Gasteiger partial charge in [-0.1, -0.05) is 0 Å². The van der Waals surface area contributed by atoms with Gasteiger partial charge in [-0.3, -0.25) is 4.79 Å². The van der Waals surface area contributed by atoms with Crippen LogP contribution >= 0.6 is 0 Å². The Morgan fingerprint density at radius 3 is 2.50 bits per heavy atom. The molecule has 1 amide bonds. The first-order valence-corrected chi connectivity index (χ1v) is 6.51. The van der Waals surface area contributed by atoms with E-state index in [1.165, 1.54) is 0 Å². The number of hydrogen-bond donors (Lipinski definition) is 1. The fourth-order valence-electron chi connectivity index (χ4n) is 1.92. The van der Waals surface area contributed by atoms with Crippen molar-refractivity contribution in [3.05, 3.63) is 0 Å². The maximum absolute atomic E-state index is 11.5. The summed E-state index contributed by atoms with van der Waals surface area (Å²) in [5, 5.41) is 3.08. The Balaban J connectivity index is 1.86. The van der Waals surface area contributed by atoms with Crippen molar-refractivity contribution in [2.24, 2.45) is 0 Å². The summed E-state index contributed by atoms with van der Waals surface area (Å²) in [7, 11) is -1.03. The van der Waals surface area contributed by atoms with Crippen molar-refractivity contribution >= 4 is 15.7 Å². The van der Waals surface area contributed by atoms with Crippen LogP contribution in [0.15, 0.2) is 0 Å². The summed E-state index contributed by atoms with van der Waals surface area (Å²) >= 11 is 0. The second-order valence-electron chi connectivity index (χ2n) is 4.04. The standard InChI is InChI=1S/C8H14N2O3S/c1-10-3-2-7(8(10)11)9-6-4-14(12,13)5-6/h6-7,9H,2-5H2,1H3. The molecular formula is C8H14N2O3S. The molecule has 0 saturated carbocycles. The lowest BCUT2D eigenvalue weighted by Gasteiger charge is -2.28. The number of likely N-dealkylation sites (tertiary alicyclic amines) is 1. The van der Waals surface area contributed by atoms with Crippen LogP contribution in [0.2, 0.25) is 0 Å². The van der Waals surface area contributed by atoms with Crippen molar-refractivity contribution in [1.82, 2.24) is 10.2 Å². The lowest BCUT2D eigenvalue weighted by Crippen LogP contribution is -2.55. The highest BCUT2D eigenvalue weighted by Crippen LogP contribution is 2.15. The Morgan fingerprint density at radius 1 is 1.43 bits per heavy atom. The quantitative estimate of drug-likeness (QED) is 0.619. The van der Waals surface area contributed by atoms with Gasteiger partial charge < -0.3 is 10.2 Å². The highest BCUT2D eigenvalue weighted by molar-refractivity contribution is 7.92. The lowest BCUT2D eigenvalue weighted by atomic mass is 10.2. The molecule has 80 valence electrons. The Hall–Kier alpha value is -0.620. The van der Waals surface area contributed by atoms with E-state index in [4.69, 9.17) is 0 Å². The molecular weight excluding hydrogens is 204 g/mol. The van der Waals surface area contributed by atoms with Crippen molar-refractivity contribution in [2.75, 3.05) is 25.1 Å². The van der Waals surface area contributed by atoms with E-state index in [-0.39, 0.29) is 29.5 Å². The average molecular weight is 218 g/mol. The van der Waals surface area contributed by atoms with Gasteiger partial charge in [-0.2, -0.15) is 0 Å². The molecule has 0 aromatic rings. The van der Waals surface area contributed by atoms with Crippen LogP contribution < -0.4 is 5.32 Å². The normalized spacial score (nSPS) is 31.9. The van der Waals surface area contributed by atoms with Crippen LogP contribution in [0.4, 0.5) is 0 Å². The van der Waals surface area contributed by atoms with Crippen molar-refractivity contribution in [1.29, 1.82) is 0 Å². The summed E-state index contributed by atoms with van der Waals surface area (Å²) in [6, 6.07) is -0.180. The predicted molar refractivity (Wildman–Crippen MR) is 51.6 cm³/mol. The van der Waals surface area contributed by atoms with Crippen LogP contribution in [0.3, 0.4) is 0 Å². The maximum atomic E-state index is 11.5. The smallest absolute Gasteiger partial charge is 0.239 e. The maximum Gasteiger partial charge on any atom is 0.239 e. The molecule has 0 aromatic carbocycles. The molecule has 6 heteroatoms. The van der Waals surface area contributed by atoms with Crippen LogP contribution in [0.1, 0.15) is 6.42 Å². The number of rotatable bonds is 2. The van der Waals surface area contributed by atoms with E-state index in [1.54, 1.807) is 11.9 Å². The summed E-state index contributed by atoms with van der Waals surface area (Å²) < 4.78 is 21.8. The molecule has 0 aliphatic carbocycles. The minimum Gasteiger partial charge on any atom is -0.344 e. The van der Waals surface area contributed by atoms with E-state index >= 15 is 0 Å². The van der Waals surface area contributed by atoms with E-state index in [2.05, 4.69) is 5.32 Å². The Bertz CT molecular complexity index is 340. The van der Waals surface area contributed by atoms with Gasteiger partial charge in [0, 0.05) is 19.6 Å². The molecule has 14 heavy (non-hydrogen) atoms. The van der Waals surface area contributed by atoms with Crippen molar-refractivity contribution in [3.8, 4) is 0 Å². The molecule has 1 atom stereocenters. The second-order valence-corrected chi connectivity index (χ2v) is 6.20. The summed E-state index contributed by atoms with van der Waals surface area (Å²) in [5.41, 5.74) is 0. The van der Waals surface area contributed by atoms with Crippen LogP contribution in [0.25, 0.3) is 0 Å². The minimum atomic E-state index is -2.79. The molecule has 0 spiro atoms. The minimum absolute atomic E-state index is 0.0135. The van der Waals surface area contributed by atoms with Gasteiger partial charge in [-0.25, -0.2) is 8.42 Å². The van der Waals surface area contributed by atoms with E-state index < -0.39 is 9.84 Å². The number of amides is 1. The second kappa shape index (κ2) is 3.20. The highest BCUT2D eigenvalue weighted by Gasteiger charge is 2.38. The molecule has 2 aliphatic heterocycles.